The lowest BCUT2D eigenvalue weighted by atomic mass is 10.8. The normalized spacial score (nSPS) is 11.6. The summed E-state index contributed by atoms with van der Waals surface area (Å²) in [5.41, 5.74) is 0. The van der Waals surface area contributed by atoms with Crippen LogP contribution < -0.4 is 0 Å². The number of hydrogen-bond donors (Lipinski definition) is 0. The van der Waals surface area contributed by atoms with E-state index in [0.717, 1.165) is 0 Å². The van der Waals surface area contributed by atoms with E-state index in [1.807, 2.05) is 0 Å². The molecule has 0 spiro atoms. The Morgan fingerprint density at radius 1 is 1.44 bits per heavy atom. The molecule has 0 aromatic carbocycles. The Balaban J connectivity index is 3.39. The highest BCUT2D eigenvalue weighted by molar-refractivity contribution is 6.67. The average Bonchev–Trinajstić information content (AvgIpc) is 1.59. The van der Waals surface area contributed by atoms with Gasteiger partial charge in [-0.05, 0) is 11.6 Å². The van der Waals surface area contributed by atoms with Crippen molar-refractivity contribution in [3.63, 3.8) is 0 Å². The second-order valence-electron chi connectivity index (χ2n) is 1.09. The topological polar surface area (TPSA) is 26.3 Å². The van der Waals surface area contributed by atoms with Gasteiger partial charge in [0.05, 0.1) is 0 Å². The molecule has 0 amide bonds. The molecule has 0 unspecified atom stereocenters. The zero-order chi connectivity index (χ0) is 7.49. The van der Waals surface area contributed by atoms with Crippen LogP contribution >= 0.6 is 46.4 Å². The zero-order valence-corrected chi connectivity index (χ0v) is 7.06. The van der Waals surface area contributed by atoms with E-state index in [-0.39, 0.29) is 0 Å². The maximum Gasteiger partial charge on any atom is 0.297 e. The van der Waals surface area contributed by atoms with Crippen LogP contribution in [-0.4, -0.2) is 15.8 Å². The molecule has 0 fully saturated rings. The summed E-state index contributed by atoms with van der Waals surface area (Å²) in [4.78, 5) is 9.95. The van der Waals surface area contributed by atoms with Crippen molar-refractivity contribution in [2.45, 2.75) is 3.98 Å². The first-order chi connectivity index (χ1) is 3.92. The van der Waals surface area contributed by atoms with Crippen LogP contribution in [-0.2, 0) is 9.53 Å². The highest BCUT2D eigenvalue weighted by Gasteiger charge is 2.20. The molecule has 0 aliphatic heterocycles. The molecular formula is C3H2Cl4O2. The van der Waals surface area contributed by atoms with Crippen LogP contribution in [0, 0.1) is 0 Å². The first kappa shape index (κ1) is 9.79. The molecule has 0 atom stereocenters. The summed E-state index contributed by atoms with van der Waals surface area (Å²) in [6.07, 6.45) is 0. The van der Waals surface area contributed by atoms with Crippen molar-refractivity contribution in [2.75, 3.05) is 6.61 Å². The third-order valence-electron chi connectivity index (χ3n) is 0.349. The third kappa shape index (κ3) is 8.79. The van der Waals surface area contributed by atoms with Gasteiger partial charge in [0.25, 0.3) is 3.98 Å². The zero-order valence-electron chi connectivity index (χ0n) is 4.04. The second kappa shape index (κ2) is 3.84. The van der Waals surface area contributed by atoms with E-state index >= 15 is 0 Å². The van der Waals surface area contributed by atoms with E-state index in [1.165, 1.54) is 0 Å². The van der Waals surface area contributed by atoms with Crippen LogP contribution in [0.3, 0.4) is 0 Å². The molecule has 0 aromatic rings. The molecule has 0 heterocycles. The van der Waals surface area contributed by atoms with Crippen LogP contribution in [0.4, 0.5) is 0 Å². The van der Waals surface area contributed by atoms with Gasteiger partial charge in [-0.1, -0.05) is 34.8 Å². The summed E-state index contributed by atoms with van der Waals surface area (Å²) in [6, 6.07) is 0. The van der Waals surface area contributed by atoms with Crippen LogP contribution in [0.5, 0.6) is 0 Å². The van der Waals surface area contributed by atoms with Gasteiger partial charge in [0.15, 0.2) is 0 Å². The van der Waals surface area contributed by atoms with Gasteiger partial charge in [0.1, 0.15) is 6.61 Å². The predicted molar refractivity (Wildman–Crippen MR) is 37.1 cm³/mol. The molecule has 9 heavy (non-hydrogen) atoms. The number of carbonyl (C=O) groups excluding carboxylic acids is 1. The Hall–Kier alpha value is 0.790. The first-order valence-corrected chi connectivity index (χ1v) is 3.32. The highest BCUT2D eigenvalue weighted by Crippen LogP contribution is 2.26. The second-order valence-corrected chi connectivity index (χ2v) is 3.69. The molecule has 0 radical (unpaired) electrons. The van der Waals surface area contributed by atoms with Gasteiger partial charge < -0.3 is 4.74 Å². The van der Waals surface area contributed by atoms with E-state index in [4.69, 9.17) is 46.4 Å². The van der Waals surface area contributed by atoms with Gasteiger partial charge in [0.2, 0.25) is 5.24 Å². The lowest BCUT2D eigenvalue weighted by Gasteiger charge is -2.08. The summed E-state index contributed by atoms with van der Waals surface area (Å²) in [7, 11) is 0. The molecule has 0 aliphatic rings. The van der Waals surface area contributed by atoms with Crippen molar-refractivity contribution in [3.05, 3.63) is 0 Å². The number of carbonyl (C=O) groups is 1. The lowest BCUT2D eigenvalue weighted by Crippen LogP contribution is -2.13. The molecule has 0 N–H and O–H groups in total. The van der Waals surface area contributed by atoms with Gasteiger partial charge >= 0.3 is 0 Å². The van der Waals surface area contributed by atoms with Crippen LogP contribution in [0.15, 0.2) is 0 Å². The number of hydrogen-bond acceptors (Lipinski definition) is 2. The minimum atomic E-state index is -1.86. The average molecular weight is 212 g/mol. The Labute approximate surface area is 72.0 Å². The van der Waals surface area contributed by atoms with Crippen molar-refractivity contribution in [1.82, 2.24) is 0 Å². The summed E-state index contributed by atoms with van der Waals surface area (Å²) in [5, 5.41) is -0.707. The molecule has 0 saturated heterocycles. The van der Waals surface area contributed by atoms with Gasteiger partial charge in [-0.2, -0.15) is 0 Å². The Bertz CT molecular complexity index is 107. The molecular weight excluding hydrogens is 210 g/mol. The predicted octanol–water partition coefficient (Wildman–Crippen LogP) is 2.10. The van der Waals surface area contributed by atoms with E-state index in [1.54, 1.807) is 0 Å². The largest absolute Gasteiger partial charge is 0.325 e. The molecule has 54 valence electrons. The monoisotopic (exact) mass is 210 g/mol. The smallest absolute Gasteiger partial charge is 0.297 e. The van der Waals surface area contributed by atoms with Crippen molar-refractivity contribution in [3.8, 4) is 0 Å². The van der Waals surface area contributed by atoms with E-state index < -0.39 is 15.8 Å². The molecule has 6 heteroatoms. The number of alkyl halides is 3. The van der Waals surface area contributed by atoms with E-state index in [9.17, 15) is 4.79 Å². The van der Waals surface area contributed by atoms with Crippen LogP contribution in [0.25, 0.3) is 0 Å². The Kier molecular flexibility index (Phi) is 4.17. The Morgan fingerprint density at radius 3 is 2.00 bits per heavy atom. The summed E-state index contributed by atoms with van der Waals surface area (Å²) >= 11 is 20.1. The molecule has 0 rings (SSSR count). The minimum Gasteiger partial charge on any atom is -0.325 e. The van der Waals surface area contributed by atoms with Gasteiger partial charge in [-0.3, -0.25) is 4.79 Å². The van der Waals surface area contributed by atoms with Crippen molar-refractivity contribution in [2.24, 2.45) is 0 Å². The van der Waals surface area contributed by atoms with Gasteiger partial charge in [-0.15, -0.1) is 0 Å². The highest BCUT2D eigenvalue weighted by atomic mass is 35.6. The quantitative estimate of drug-likeness (QED) is 0.517. The number of ether oxygens (including phenoxy) is 1. The summed E-state index contributed by atoms with van der Waals surface area (Å²) in [5.74, 6) is 0. The maximum absolute atomic E-state index is 9.95. The summed E-state index contributed by atoms with van der Waals surface area (Å²) < 4.78 is 2.45. The maximum atomic E-state index is 9.95. The fraction of sp³-hybridized carbons (Fsp3) is 0.667. The third-order valence-corrected chi connectivity index (χ3v) is 0.786. The SMILES string of the molecule is O=C(Cl)COC(Cl)(Cl)Cl. The molecule has 0 bridgehead atoms. The van der Waals surface area contributed by atoms with Crippen molar-refractivity contribution in [1.29, 1.82) is 0 Å². The fourth-order valence-corrected chi connectivity index (χ4v) is 0.357. The lowest BCUT2D eigenvalue weighted by molar-refractivity contribution is -0.116. The molecule has 2 nitrogen and oxygen atoms in total. The van der Waals surface area contributed by atoms with E-state index in [0.29, 0.717) is 0 Å². The number of rotatable bonds is 2. The number of halogens is 4. The standard InChI is InChI=1S/C3H2Cl4O2/c4-2(8)1-9-3(5,6)7/h1H2. The van der Waals surface area contributed by atoms with E-state index in [2.05, 4.69) is 4.74 Å². The molecule has 0 aromatic heterocycles. The molecule has 0 aliphatic carbocycles. The summed E-state index contributed by atoms with van der Waals surface area (Å²) in [6.45, 7) is -0.405. The van der Waals surface area contributed by atoms with Crippen LogP contribution in [0.1, 0.15) is 0 Å². The van der Waals surface area contributed by atoms with Gasteiger partial charge in [0, 0.05) is 0 Å². The van der Waals surface area contributed by atoms with Crippen LogP contribution in [0.2, 0.25) is 0 Å². The Morgan fingerprint density at radius 2 is 1.89 bits per heavy atom. The molecule has 0 saturated carbocycles. The van der Waals surface area contributed by atoms with Crippen molar-refractivity contribution < 1.29 is 9.53 Å². The van der Waals surface area contributed by atoms with Crippen molar-refractivity contribution >= 4 is 51.6 Å². The minimum absolute atomic E-state index is 0.405. The first-order valence-electron chi connectivity index (χ1n) is 1.81. The van der Waals surface area contributed by atoms with Gasteiger partial charge in [-0.25, -0.2) is 0 Å². The fourth-order valence-electron chi connectivity index (χ4n) is 0.139.